The van der Waals surface area contributed by atoms with Gasteiger partial charge in [-0.25, -0.2) is 0 Å². The van der Waals surface area contributed by atoms with Crippen LogP contribution in [0.4, 0.5) is 51.2 Å². The van der Waals surface area contributed by atoms with Crippen LogP contribution in [0.2, 0.25) is 0 Å². The first-order chi connectivity index (χ1) is 35.8. The second-order valence-electron chi connectivity index (χ2n) is 25.1. The molecular formula is C71H70BN3. The molecule has 3 aliphatic rings. The van der Waals surface area contributed by atoms with Gasteiger partial charge in [-0.2, -0.15) is 0 Å². The minimum absolute atomic E-state index is 0.00456. The molecule has 0 aromatic heterocycles. The molecule has 4 heteroatoms. The van der Waals surface area contributed by atoms with Crippen LogP contribution >= 0.6 is 0 Å². The molecule has 1 aliphatic carbocycles. The molecule has 0 amide bonds. The molecular weight excluding hydrogens is 906 g/mol. The summed E-state index contributed by atoms with van der Waals surface area (Å²) in [7, 11) is 0. The lowest BCUT2D eigenvalue weighted by molar-refractivity contribution is 0.403. The van der Waals surface area contributed by atoms with Crippen molar-refractivity contribution in [1.29, 1.82) is 0 Å². The van der Waals surface area contributed by atoms with Gasteiger partial charge in [0.15, 0.2) is 0 Å². The zero-order chi connectivity index (χ0) is 52.3. The van der Waals surface area contributed by atoms with Crippen LogP contribution < -0.4 is 31.1 Å². The minimum atomic E-state index is -0.0932. The average Bonchev–Trinajstić information content (AvgIpc) is 3.59. The van der Waals surface area contributed by atoms with Crippen LogP contribution in [0.3, 0.4) is 0 Å². The van der Waals surface area contributed by atoms with Gasteiger partial charge in [0.05, 0.1) is 5.69 Å². The Morgan fingerprint density at radius 1 is 0.413 bits per heavy atom. The number of anilines is 9. The molecule has 9 aromatic carbocycles. The predicted octanol–water partition coefficient (Wildman–Crippen LogP) is 17.7. The third-order valence-corrected chi connectivity index (χ3v) is 16.7. The van der Waals surface area contributed by atoms with Gasteiger partial charge in [0.25, 0.3) is 6.71 Å². The van der Waals surface area contributed by atoms with Crippen LogP contribution in [0.25, 0.3) is 22.3 Å². The number of aryl methyl sites for hydroxylation is 2. The van der Waals surface area contributed by atoms with Gasteiger partial charge < -0.3 is 14.7 Å². The van der Waals surface area contributed by atoms with Crippen molar-refractivity contribution in [3.63, 3.8) is 0 Å². The number of rotatable bonds is 7. The number of hydrogen-bond donors (Lipinski definition) is 0. The van der Waals surface area contributed by atoms with E-state index in [1.807, 2.05) is 0 Å². The normalized spacial score (nSPS) is 15.0. The van der Waals surface area contributed by atoms with Crippen LogP contribution in [0.15, 0.2) is 194 Å². The van der Waals surface area contributed by atoms with Crippen molar-refractivity contribution in [3.05, 3.63) is 228 Å². The molecule has 9 aromatic rings. The molecule has 12 rings (SSSR count). The average molecular weight is 976 g/mol. The molecule has 0 unspecified atom stereocenters. The van der Waals surface area contributed by atoms with Crippen LogP contribution in [0, 0.1) is 13.8 Å². The molecule has 0 radical (unpaired) electrons. The van der Waals surface area contributed by atoms with Gasteiger partial charge in [-0.05, 0) is 175 Å². The van der Waals surface area contributed by atoms with Gasteiger partial charge in [-0.1, -0.05) is 203 Å². The van der Waals surface area contributed by atoms with E-state index in [0.29, 0.717) is 0 Å². The number of para-hydroxylation sites is 2. The maximum atomic E-state index is 2.66. The summed E-state index contributed by atoms with van der Waals surface area (Å²) in [6.07, 6.45) is 1.10. The Morgan fingerprint density at radius 2 is 0.893 bits per heavy atom. The van der Waals surface area contributed by atoms with Gasteiger partial charge >= 0.3 is 0 Å². The van der Waals surface area contributed by atoms with E-state index in [0.717, 1.165) is 23.5 Å². The SMILES string of the molecule is Cc1cc(C(C)(C)C)c(-c2ccccc2)cc1N1c2ccc(C(C)(C)C)cc2B2c3cc(-c4ccccc4)ccc3N(c3cc4c(cc3C)C(C)(C)CC4(C)C)c3cc(N(c4ccccc4)c4ccccc4)cc1c32. The van der Waals surface area contributed by atoms with Crippen molar-refractivity contribution in [2.75, 3.05) is 14.7 Å². The van der Waals surface area contributed by atoms with Crippen LogP contribution in [0.1, 0.15) is 109 Å². The monoisotopic (exact) mass is 976 g/mol. The van der Waals surface area contributed by atoms with Crippen molar-refractivity contribution in [2.45, 2.75) is 111 Å². The van der Waals surface area contributed by atoms with Crippen molar-refractivity contribution in [1.82, 2.24) is 0 Å². The number of fused-ring (bicyclic) bond motifs is 5. The summed E-state index contributed by atoms with van der Waals surface area (Å²) in [4.78, 5) is 7.77. The molecule has 0 saturated heterocycles. The Kier molecular flexibility index (Phi) is 11.3. The highest BCUT2D eigenvalue weighted by Gasteiger charge is 2.47. The second kappa shape index (κ2) is 17.5. The third kappa shape index (κ3) is 8.11. The molecule has 3 nitrogen and oxygen atoms in total. The minimum Gasteiger partial charge on any atom is -0.311 e. The Labute approximate surface area is 447 Å². The molecule has 372 valence electrons. The largest absolute Gasteiger partial charge is 0.311 e. The fourth-order valence-corrected chi connectivity index (χ4v) is 13.3. The van der Waals surface area contributed by atoms with E-state index in [4.69, 9.17) is 0 Å². The molecule has 2 aliphatic heterocycles. The molecule has 75 heavy (non-hydrogen) atoms. The highest BCUT2D eigenvalue weighted by Crippen LogP contribution is 2.55. The molecule has 0 spiro atoms. The van der Waals surface area contributed by atoms with Gasteiger partial charge in [0, 0.05) is 45.5 Å². The number of nitrogens with zero attached hydrogens (tertiary/aromatic N) is 3. The lowest BCUT2D eigenvalue weighted by Gasteiger charge is -2.46. The summed E-state index contributed by atoms with van der Waals surface area (Å²) >= 11 is 0. The maximum absolute atomic E-state index is 2.66. The summed E-state index contributed by atoms with van der Waals surface area (Å²) < 4.78 is 0. The van der Waals surface area contributed by atoms with Gasteiger partial charge in [0.1, 0.15) is 0 Å². The van der Waals surface area contributed by atoms with Crippen LogP contribution in [-0.4, -0.2) is 6.71 Å². The van der Waals surface area contributed by atoms with E-state index in [9.17, 15) is 0 Å². The van der Waals surface area contributed by atoms with Crippen molar-refractivity contribution in [2.24, 2.45) is 0 Å². The standard InChI is InChI=1S/C71H70BN3/c1-46-37-56(69(6,7)8)55(49-27-19-14-20-28-49)43-63(46)74-62-36-34-51(68(3,4)5)40-60(62)72-59-39-50(48-25-17-13-18-26-48)33-35-61(59)75(64-44-58-57(38-47(64)2)70(9,10)45-71(58,11)12)66-42-54(41-65(74)67(66)72)73(52-29-21-15-22-30-52)53-31-23-16-24-32-53/h13-44H,45H2,1-12H3. The van der Waals surface area contributed by atoms with E-state index in [1.54, 1.807) is 0 Å². The lowest BCUT2D eigenvalue weighted by atomic mass is 9.33. The quantitative estimate of drug-likeness (QED) is 0.147. The zero-order valence-corrected chi connectivity index (χ0v) is 46.1. The Balaban J connectivity index is 1.25. The van der Waals surface area contributed by atoms with Gasteiger partial charge in [-0.15, -0.1) is 0 Å². The van der Waals surface area contributed by atoms with Crippen LogP contribution in [-0.2, 0) is 21.7 Å². The summed E-state index contributed by atoms with van der Waals surface area (Å²) in [5, 5.41) is 0. The number of hydrogen-bond acceptors (Lipinski definition) is 3. The van der Waals surface area contributed by atoms with Gasteiger partial charge in [-0.3, -0.25) is 0 Å². The molecule has 0 bridgehead atoms. The van der Waals surface area contributed by atoms with E-state index in [1.165, 1.54) is 106 Å². The highest BCUT2D eigenvalue weighted by atomic mass is 15.2. The smallest absolute Gasteiger partial charge is 0.252 e. The Morgan fingerprint density at radius 3 is 1.44 bits per heavy atom. The summed E-state index contributed by atoms with van der Waals surface area (Å²) in [6.45, 7) is 28.5. The van der Waals surface area contributed by atoms with E-state index < -0.39 is 0 Å². The molecule has 0 atom stereocenters. The first-order valence-corrected chi connectivity index (χ1v) is 27.2. The molecule has 0 N–H and O–H groups in total. The molecule has 0 saturated carbocycles. The van der Waals surface area contributed by atoms with E-state index >= 15 is 0 Å². The predicted molar refractivity (Wildman–Crippen MR) is 324 cm³/mol. The number of benzene rings is 9. The zero-order valence-electron chi connectivity index (χ0n) is 46.1. The van der Waals surface area contributed by atoms with Crippen molar-refractivity contribution >= 4 is 74.3 Å². The fourth-order valence-electron chi connectivity index (χ4n) is 13.3. The molecule has 2 heterocycles. The fraction of sp³-hybridized carbons (Fsp3) is 0.239. The van der Waals surface area contributed by atoms with E-state index in [-0.39, 0.29) is 28.4 Å². The second-order valence-corrected chi connectivity index (χ2v) is 25.1. The Bertz CT molecular complexity index is 3630. The molecule has 0 fully saturated rings. The lowest BCUT2D eigenvalue weighted by Crippen LogP contribution is -2.61. The van der Waals surface area contributed by atoms with Gasteiger partial charge in [0.2, 0.25) is 0 Å². The van der Waals surface area contributed by atoms with Crippen molar-refractivity contribution in [3.8, 4) is 22.3 Å². The first-order valence-electron chi connectivity index (χ1n) is 27.2. The topological polar surface area (TPSA) is 9.72 Å². The maximum Gasteiger partial charge on any atom is 0.252 e. The summed E-state index contributed by atoms with van der Waals surface area (Å²) in [6, 6.07) is 73.7. The summed E-state index contributed by atoms with van der Waals surface area (Å²) in [5.74, 6) is 0. The third-order valence-electron chi connectivity index (χ3n) is 16.7. The highest BCUT2D eigenvalue weighted by molar-refractivity contribution is 7.00. The first kappa shape index (κ1) is 48.4. The van der Waals surface area contributed by atoms with Crippen molar-refractivity contribution < 1.29 is 0 Å². The van der Waals surface area contributed by atoms with E-state index in [2.05, 4.69) is 292 Å². The summed E-state index contributed by atoms with van der Waals surface area (Å²) in [5.41, 5.74) is 27.4. The Hall–Kier alpha value is -7.56. The van der Waals surface area contributed by atoms with Crippen LogP contribution in [0.5, 0.6) is 0 Å².